The molecule has 2 heterocycles. The van der Waals surface area contributed by atoms with E-state index < -0.39 is 21.7 Å². The first-order valence-electron chi connectivity index (χ1n) is 7.62. The molecule has 0 saturated heterocycles. The van der Waals surface area contributed by atoms with E-state index in [2.05, 4.69) is 20.2 Å². The molecule has 26 heavy (non-hydrogen) atoms. The predicted octanol–water partition coefficient (Wildman–Crippen LogP) is 0.797. The number of ether oxygens (including phenoxy) is 1. The topological polar surface area (TPSA) is 101 Å². The Kier molecular flexibility index (Phi) is 7.69. The van der Waals surface area contributed by atoms with Gasteiger partial charge in [0.25, 0.3) is 0 Å². The van der Waals surface area contributed by atoms with Crippen LogP contribution in [0.2, 0.25) is 0 Å². The number of carbonyl (C=O) groups is 1. The zero-order valence-electron chi connectivity index (χ0n) is 13.6. The minimum atomic E-state index is -0.885. The van der Waals surface area contributed by atoms with Crippen LogP contribution in [0.3, 0.4) is 0 Å². The number of aromatic amines is 1. The third kappa shape index (κ3) is 5.34. The fourth-order valence-electron chi connectivity index (χ4n) is 2.27. The van der Waals surface area contributed by atoms with Gasteiger partial charge >= 0.3 is 155 Å². The van der Waals surface area contributed by atoms with Crippen LogP contribution in [-0.2, 0) is 11.2 Å². The van der Waals surface area contributed by atoms with Gasteiger partial charge in [-0.2, -0.15) is 0 Å². The number of halogens is 2. The first kappa shape index (κ1) is 20.5. The molecule has 1 aromatic carbocycles. The summed E-state index contributed by atoms with van der Waals surface area (Å²) in [4.78, 5) is 19.5. The van der Waals surface area contributed by atoms with Gasteiger partial charge < -0.3 is 0 Å². The molecule has 0 saturated carbocycles. The Labute approximate surface area is 167 Å². The summed E-state index contributed by atoms with van der Waals surface area (Å²) in [5, 5.41) is 16.8. The quantitative estimate of drug-likeness (QED) is 0.294. The van der Waals surface area contributed by atoms with Crippen molar-refractivity contribution in [3.8, 4) is 5.75 Å². The monoisotopic (exact) mass is 458 g/mol. The minimum absolute atomic E-state index is 0. The zero-order chi connectivity index (χ0) is 17.6. The number of aromatic nitrogens is 4. The third-order valence-electron chi connectivity index (χ3n) is 3.37. The third-order valence-corrected chi connectivity index (χ3v) is 6.05. The molecular weight excluding hydrogens is 442 g/mol. The van der Waals surface area contributed by atoms with E-state index in [1.54, 1.807) is 6.07 Å². The van der Waals surface area contributed by atoms with Crippen molar-refractivity contribution in [3.63, 3.8) is 0 Å². The van der Waals surface area contributed by atoms with E-state index in [-0.39, 0.29) is 18.8 Å². The van der Waals surface area contributed by atoms with Crippen molar-refractivity contribution in [2.75, 3.05) is 12.5 Å². The molecule has 3 rings (SSSR count). The van der Waals surface area contributed by atoms with Crippen LogP contribution in [0.5, 0.6) is 5.75 Å². The molecule has 7 nitrogen and oxygen atoms in total. The number of fused-ring (bicyclic) bond motifs is 1. The average Bonchev–Trinajstić information content (AvgIpc) is 3.01. The van der Waals surface area contributed by atoms with E-state index in [1.165, 1.54) is 6.33 Å². The number of carboxylic acid groups (broad SMARTS) is 1. The molecule has 0 amide bonds. The first-order valence-corrected chi connectivity index (χ1v) is 10.3. The van der Waals surface area contributed by atoms with Crippen LogP contribution < -0.4 is 13.7 Å². The molecule has 0 bridgehead atoms. The Bertz CT molecular complexity index is 891. The Hall–Kier alpha value is -1.82. The van der Waals surface area contributed by atoms with E-state index >= 15 is 0 Å². The normalized spacial score (nSPS) is 11.0. The van der Waals surface area contributed by atoms with Gasteiger partial charge in [0.1, 0.15) is 0 Å². The molecule has 2 aromatic heterocycles. The Balaban J connectivity index is 0.00000243. The van der Waals surface area contributed by atoms with Crippen molar-refractivity contribution >= 4 is 65.6 Å². The molecule has 1 atom stereocenters. The molecule has 10 heteroatoms. The number of hydrogen-bond acceptors (Lipinski definition) is 5. The molecule has 0 spiro atoms. The fraction of sp³-hybridized carbons (Fsp3) is 0.250. The van der Waals surface area contributed by atoms with Crippen molar-refractivity contribution < 1.29 is 14.6 Å². The van der Waals surface area contributed by atoms with Crippen molar-refractivity contribution in [1.29, 1.82) is 0 Å². The number of rotatable bonds is 8. The Morgan fingerprint density at radius 2 is 2.15 bits per heavy atom. The van der Waals surface area contributed by atoms with Gasteiger partial charge in [0.05, 0.1) is 0 Å². The molecule has 0 aliphatic rings. The average molecular weight is 459 g/mol. The van der Waals surface area contributed by atoms with Crippen LogP contribution in [0.4, 0.5) is 0 Å². The van der Waals surface area contributed by atoms with Gasteiger partial charge in [0.15, 0.2) is 0 Å². The SMILES string of the molecule is Cl.O=C(O)Cc1cc([AsH]c2ncnc3cc(OCCCCl)ccc23)n[nH]1. The van der Waals surface area contributed by atoms with Gasteiger partial charge in [0, 0.05) is 0 Å². The van der Waals surface area contributed by atoms with Crippen LogP contribution in [0.25, 0.3) is 10.9 Å². The number of H-pyrrole nitrogens is 1. The fourth-order valence-corrected chi connectivity index (χ4v) is 4.62. The maximum absolute atomic E-state index is 10.8. The second-order valence-corrected chi connectivity index (χ2v) is 8.24. The van der Waals surface area contributed by atoms with E-state index in [1.807, 2.05) is 18.2 Å². The summed E-state index contributed by atoms with van der Waals surface area (Å²) in [5.41, 5.74) is 1.41. The second kappa shape index (κ2) is 9.76. The van der Waals surface area contributed by atoms with E-state index in [0.29, 0.717) is 18.2 Å². The molecule has 0 radical (unpaired) electrons. The first-order chi connectivity index (χ1) is 12.2. The molecule has 138 valence electrons. The van der Waals surface area contributed by atoms with Crippen molar-refractivity contribution in [3.05, 3.63) is 36.3 Å². The predicted molar refractivity (Wildman–Crippen MR) is 104 cm³/mol. The summed E-state index contributed by atoms with van der Waals surface area (Å²) in [7, 11) is 0. The van der Waals surface area contributed by atoms with Crippen molar-refractivity contribution in [2.24, 2.45) is 0 Å². The van der Waals surface area contributed by atoms with Crippen molar-refractivity contribution in [1.82, 2.24) is 20.2 Å². The Morgan fingerprint density at radius 1 is 1.31 bits per heavy atom. The van der Waals surface area contributed by atoms with Crippen LogP contribution in [0.1, 0.15) is 12.1 Å². The number of benzene rings is 1. The van der Waals surface area contributed by atoms with Gasteiger partial charge in [-0.25, -0.2) is 0 Å². The number of hydrogen-bond donors (Lipinski definition) is 2. The molecular formula is C16H17AsCl2N4O3. The Morgan fingerprint density at radius 3 is 2.92 bits per heavy atom. The number of nitrogens with one attached hydrogen (secondary N) is 1. The molecule has 0 aliphatic heterocycles. The van der Waals surface area contributed by atoms with Gasteiger partial charge in [0.2, 0.25) is 0 Å². The summed E-state index contributed by atoms with van der Waals surface area (Å²) in [6.45, 7) is 0.570. The van der Waals surface area contributed by atoms with Gasteiger partial charge in [-0.3, -0.25) is 0 Å². The summed E-state index contributed by atoms with van der Waals surface area (Å²) >= 11 is 4.85. The van der Waals surface area contributed by atoms with E-state index in [4.69, 9.17) is 21.4 Å². The van der Waals surface area contributed by atoms with Crippen LogP contribution in [0, 0.1) is 0 Å². The summed E-state index contributed by atoms with van der Waals surface area (Å²) in [6.07, 6.45) is 2.26. The van der Waals surface area contributed by atoms with Gasteiger partial charge in [-0.1, -0.05) is 0 Å². The molecule has 1 unspecified atom stereocenters. The summed E-state index contributed by atoms with van der Waals surface area (Å²) < 4.78 is 7.45. The van der Waals surface area contributed by atoms with Crippen LogP contribution in [0.15, 0.2) is 30.6 Å². The van der Waals surface area contributed by atoms with Crippen LogP contribution in [-0.4, -0.2) is 59.5 Å². The van der Waals surface area contributed by atoms with Gasteiger partial charge in [-0.15, -0.1) is 12.4 Å². The number of carboxylic acids is 1. The van der Waals surface area contributed by atoms with Crippen LogP contribution >= 0.6 is 24.0 Å². The summed E-state index contributed by atoms with van der Waals surface area (Å²) in [6, 6.07) is 7.54. The summed E-state index contributed by atoms with van der Waals surface area (Å²) in [5.74, 6) is 0.438. The molecule has 0 fully saturated rings. The van der Waals surface area contributed by atoms with Crippen molar-refractivity contribution in [2.45, 2.75) is 12.8 Å². The molecule has 0 aliphatic carbocycles. The number of nitrogens with zero attached hydrogens (tertiary/aromatic N) is 3. The van der Waals surface area contributed by atoms with E-state index in [9.17, 15) is 4.79 Å². The number of aliphatic carboxylic acids is 1. The number of alkyl halides is 1. The second-order valence-electron chi connectivity index (χ2n) is 5.27. The van der Waals surface area contributed by atoms with E-state index in [0.717, 1.165) is 32.0 Å². The molecule has 3 aromatic rings. The van der Waals surface area contributed by atoms with Gasteiger partial charge in [-0.05, 0) is 0 Å². The standard InChI is InChI=1S/C16H16AsClN4O3.ClH/c18-4-1-5-25-11-2-3-12-13(8-11)19-9-20-16(12)17-14-6-10(21-22-14)7-15(23)24;/h2-3,6,8-9,17H,1,4-5,7H2,(H,21,22)(H,23,24);1H. The maximum atomic E-state index is 10.8. The molecule has 2 N–H and O–H groups in total. The zero-order valence-corrected chi connectivity index (χ0v) is 17.3.